The van der Waals surface area contributed by atoms with Gasteiger partial charge in [0.25, 0.3) is 0 Å². The summed E-state index contributed by atoms with van der Waals surface area (Å²) in [5, 5.41) is 23.3. The van der Waals surface area contributed by atoms with Crippen molar-refractivity contribution >= 4 is 17.8 Å². The Morgan fingerprint density at radius 2 is 2.12 bits per heavy atom. The third kappa shape index (κ3) is 5.60. The fourth-order valence-corrected chi connectivity index (χ4v) is 4.32. The summed E-state index contributed by atoms with van der Waals surface area (Å²) in [4.78, 5) is 24.9. The second kappa shape index (κ2) is 9.21. The van der Waals surface area contributed by atoms with Crippen molar-refractivity contribution in [1.29, 1.82) is 0 Å². The average Bonchev–Trinajstić information content (AvgIpc) is 3.38. The van der Waals surface area contributed by atoms with Crippen molar-refractivity contribution in [3.05, 3.63) is 29.2 Å². The molecule has 0 spiro atoms. The maximum Gasteiger partial charge on any atom is 0.407 e. The van der Waals surface area contributed by atoms with Gasteiger partial charge in [0, 0.05) is 48.1 Å². The number of rotatable bonds is 7. The highest BCUT2D eigenvalue weighted by Gasteiger charge is 2.40. The van der Waals surface area contributed by atoms with E-state index >= 15 is 0 Å². The van der Waals surface area contributed by atoms with Crippen LogP contribution in [0.2, 0.25) is 0 Å². The number of H-pyrrole nitrogens is 1. The van der Waals surface area contributed by atoms with E-state index in [2.05, 4.69) is 20.6 Å². The highest BCUT2D eigenvalue weighted by atomic mass is 19.4. The predicted molar refractivity (Wildman–Crippen MR) is 109 cm³/mol. The van der Waals surface area contributed by atoms with Crippen LogP contribution in [-0.2, 0) is 18.3 Å². The van der Waals surface area contributed by atoms with Crippen molar-refractivity contribution in [3.63, 3.8) is 0 Å². The molecule has 0 aromatic carbocycles. The average molecular weight is 456 g/mol. The Bertz CT molecular complexity index is 970. The molecule has 2 aromatic rings. The van der Waals surface area contributed by atoms with E-state index in [1.54, 1.807) is 24.0 Å². The van der Waals surface area contributed by atoms with E-state index in [-0.39, 0.29) is 18.2 Å². The smallest absolute Gasteiger partial charge is 0.407 e. The molecule has 1 saturated carbocycles. The summed E-state index contributed by atoms with van der Waals surface area (Å²) in [6.07, 6.45) is -3.73. The van der Waals surface area contributed by atoms with Gasteiger partial charge in [0.05, 0.1) is 19.0 Å². The van der Waals surface area contributed by atoms with Crippen LogP contribution < -0.4 is 5.32 Å². The molecule has 12 heteroatoms. The van der Waals surface area contributed by atoms with Gasteiger partial charge in [-0.15, -0.1) is 0 Å². The van der Waals surface area contributed by atoms with Gasteiger partial charge in [-0.1, -0.05) is 0 Å². The Labute approximate surface area is 183 Å². The van der Waals surface area contributed by atoms with E-state index in [1.807, 2.05) is 6.92 Å². The van der Waals surface area contributed by atoms with Crippen molar-refractivity contribution < 1.29 is 27.9 Å². The van der Waals surface area contributed by atoms with Gasteiger partial charge >= 0.3 is 12.3 Å². The van der Waals surface area contributed by atoms with Crippen molar-refractivity contribution in [2.45, 2.75) is 70.1 Å². The van der Waals surface area contributed by atoms with Gasteiger partial charge in [-0.3, -0.25) is 14.6 Å². The molecule has 176 valence electrons. The lowest BCUT2D eigenvalue weighted by atomic mass is 10.0. The number of amides is 2. The molecule has 3 rings (SSSR count). The van der Waals surface area contributed by atoms with Gasteiger partial charge in [-0.25, -0.2) is 4.79 Å². The number of alkyl halides is 3. The zero-order chi connectivity index (χ0) is 23.6. The monoisotopic (exact) mass is 456 g/mol. The highest BCUT2D eigenvalue weighted by Crippen LogP contribution is 2.38. The van der Waals surface area contributed by atoms with Gasteiger partial charge in [-0.2, -0.15) is 23.4 Å². The predicted octanol–water partition coefficient (Wildman–Crippen LogP) is 3.59. The first kappa shape index (κ1) is 23.6. The van der Waals surface area contributed by atoms with Crippen LogP contribution in [0.5, 0.6) is 0 Å². The minimum atomic E-state index is -4.43. The molecular formula is C20H27F3N6O3. The van der Waals surface area contributed by atoms with E-state index in [0.29, 0.717) is 30.8 Å². The highest BCUT2D eigenvalue weighted by molar-refractivity contribution is 5.91. The summed E-state index contributed by atoms with van der Waals surface area (Å²) in [6, 6.07) is 0.0132. The second-order valence-corrected chi connectivity index (χ2v) is 8.33. The zero-order valence-corrected chi connectivity index (χ0v) is 18.1. The molecule has 2 aromatic heterocycles. The number of aromatic nitrogens is 4. The summed E-state index contributed by atoms with van der Waals surface area (Å²) >= 11 is 0. The summed E-state index contributed by atoms with van der Waals surface area (Å²) in [5.74, 6) is 0.00987. The third-order valence-electron chi connectivity index (χ3n) is 6.01. The van der Waals surface area contributed by atoms with Gasteiger partial charge in [-0.05, 0) is 33.1 Å². The largest absolute Gasteiger partial charge is 0.465 e. The molecule has 32 heavy (non-hydrogen) atoms. The number of nitrogens with zero attached hydrogens (tertiary/aromatic N) is 4. The first-order valence-electron chi connectivity index (χ1n) is 10.3. The number of carboxylic acid groups (broad SMARTS) is 1. The van der Waals surface area contributed by atoms with Crippen LogP contribution in [0.3, 0.4) is 0 Å². The maximum absolute atomic E-state index is 12.8. The number of nitrogens with one attached hydrogen (secondary N) is 2. The number of hydrogen-bond donors (Lipinski definition) is 3. The number of carbonyl (C=O) groups excluding carboxylic acids is 1. The van der Waals surface area contributed by atoms with E-state index in [9.17, 15) is 27.9 Å². The summed E-state index contributed by atoms with van der Waals surface area (Å²) in [5.41, 5.74) is 2.41. The minimum absolute atomic E-state index is 0.0846. The molecule has 1 aliphatic carbocycles. The third-order valence-corrected chi connectivity index (χ3v) is 6.01. The first-order chi connectivity index (χ1) is 14.9. The Morgan fingerprint density at radius 1 is 1.41 bits per heavy atom. The standard InChI is InChI=1S/C20H27F3N6O3/c1-11(9-20(21,22)23)29(19(31)32)15-5-4-13(6-15)16-8-17(27-26-16)25-18(30)7-14-10-24-28(3)12(14)2/h8,10-11,13,15H,4-7,9H2,1-3H3,(H,31,32)(H2,25,26,27,30)/t11?,13-,15+/m0/s1. The molecule has 9 nitrogen and oxygen atoms in total. The molecule has 3 N–H and O–H groups in total. The molecule has 1 unspecified atom stereocenters. The summed E-state index contributed by atoms with van der Waals surface area (Å²) < 4.78 is 39.9. The van der Waals surface area contributed by atoms with Crippen LogP contribution in [-0.4, -0.2) is 60.2 Å². The molecule has 0 bridgehead atoms. The van der Waals surface area contributed by atoms with Crippen molar-refractivity contribution in [2.75, 3.05) is 5.32 Å². The molecule has 0 radical (unpaired) electrons. The first-order valence-corrected chi connectivity index (χ1v) is 10.3. The van der Waals surface area contributed by atoms with E-state index in [4.69, 9.17) is 0 Å². The number of carbonyl (C=O) groups is 2. The Balaban J connectivity index is 1.60. The maximum atomic E-state index is 12.8. The normalized spacial score (nSPS) is 19.7. The minimum Gasteiger partial charge on any atom is -0.465 e. The Kier molecular flexibility index (Phi) is 6.79. The Morgan fingerprint density at radius 3 is 2.72 bits per heavy atom. The molecule has 3 atom stereocenters. The van der Waals surface area contributed by atoms with Gasteiger partial charge in [0.2, 0.25) is 5.91 Å². The zero-order valence-electron chi connectivity index (χ0n) is 18.1. The molecule has 0 saturated heterocycles. The number of hydrogen-bond acceptors (Lipinski definition) is 4. The van der Waals surface area contributed by atoms with Crippen LogP contribution >= 0.6 is 0 Å². The quantitative estimate of drug-likeness (QED) is 0.589. The van der Waals surface area contributed by atoms with Crippen LogP contribution in [0.4, 0.5) is 23.8 Å². The second-order valence-electron chi connectivity index (χ2n) is 8.33. The molecule has 2 amide bonds. The lowest BCUT2D eigenvalue weighted by Crippen LogP contribution is -2.46. The lowest BCUT2D eigenvalue weighted by Gasteiger charge is -2.32. The number of anilines is 1. The topological polar surface area (TPSA) is 116 Å². The van der Waals surface area contributed by atoms with Crippen molar-refractivity contribution in [1.82, 2.24) is 24.9 Å². The van der Waals surface area contributed by atoms with E-state index in [0.717, 1.165) is 16.2 Å². The van der Waals surface area contributed by atoms with Crippen LogP contribution in [0, 0.1) is 6.92 Å². The van der Waals surface area contributed by atoms with Gasteiger partial charge in [0.15, 0.2) is 5.82 Å². The van der Waals surface area contributed by atoms with Gasteiger partial charge < -0.3 is 15.3 Å². The van der Waals surface area contributed by atoms with Crippen LogP contribution in [0.25, 0.3) is 0 Å². The molecule has 1 aliphatic rings. The Hall–Kier alpha value is -3.05. The fraction of sp³-hybridized carbons (Fsp3) is 0.600. The van der Waals surface area contributed by atoms with Crippen LogP contribution in [0.15, 0.2) is 12.3 Å². The molecule has 2 heterocycles. The van der Waals surface area contributed by atoms with Crippen molar-refractivity contribution in [2.24, 2.45) is 7.05 Å². The summed E-state index contributed by atoms with van der Waals surface area (Å²) in [6.45, 7) is 3.15. The van der Waals surface area contributed by atoms with E-state index in [1.165, 1.54) is 6.92 Å². The fourth-order valence-electron chi connectivity index (χ4n) is 4.32. The number of aromatic amines is 1. The number of halogens is 3. The number of aryl methyl sites for hydroxylation is 1. The molecule has 1 fully saturated rings. The van der Waals surface area contributed by atoms with E-state index < -0.39 is 30.8 Å². The summed E-state index contributed by atoms with van der Waals surface area (Å²) in [7, 11) is 1.79. The van der Waals surface area contributed by atoms with Gasteiger partial charge in [0.1, 0.15) is 0 Å². The van der Waals surface area contributed by atoms with Crippen molar-refractivity contribution in [3.8, 4) is 0 Å². The molecule has 0 aliphatic heterocycles. The van der Waals surface area contributed by atoms with Crippen LogP contribution in [0.1, 0.15) is 55.5 Å². The lowest BCUT2D eigenvalue weighted by molar-refractivity contribution is -0.145. The molecular weight excluding hydrogens is 429 g/mol. The SMILES string of the molecule is Cc1c(CC(=O)Nc2cc([C@H]3CC[C@@H](N(C(=O)O)C(C)CC(F)(F)F)C3)[nH]n2)cnn1C.